The molecule has 4 heteroatoms. The molecular weight excluding hydrogens is 264 g/mol. The second-order valence-corrected chi connectivity index (χ2v) is 6.71. The number of hydrogen-bond donors (Lipinski definition) is 1. The largest absolute Gasteiger partial charge is 0.487 e. The zero-order valence-corrected chi connectivity index (χ0v) is 12.5. The Morgan fingerprint density at radius 1 is 1.33 bits per heavy atom. The molecule has 2 unspecified atom stereocenters. The molecule has 1 saturated heterocycles. The number of benzene rings is 1. The van der Waals surface area contributed by atoms with Gasteiger partial charge in [0.25, 0.3) is 0 Å². The van der Waals surface area contributed by atoms with Crippen LogP contribution in [0.25, 0.3) is 0 Å². The van der Waals surface area contributed by atoms with E-state index in [-0.39, 0.29) is 12.0 Å². The molecule has 1 N–H and O–H groups in total. The van der Waals surface area contributed by atoms with E-state index in [4.69, 9.17) is 4.74 Å². The molecule has 0 bridgehead atoms. The number of ether oxygens (including phenoxy) is 1. The van der Waals surface area contributed by atoms with Gasteiger partial charge in [-0.15, -0.1) is 0 Å². The van der Waals surface area contributed by atoms with Crippen LogP contribution in [0, 0.1) is 11.3 Å². The molecule has 0 radical (unpaired) electrons. The molecule has 1 saturated carbocycles. The number of hydrogen-bond acceptors (Lipinski definition) is 3. The van der Waals surface area contributed by atoms with Gasteiger partial charge in [-0.1, -0.05) is 12.1 Å². The summed E-state index contributed by atoms with van der Waals surface area (Å²) in [5, 5.41) is 3.40. The van der Waals surface area contributed by atoms with Crippen LogP contribution in [0.5, 0.6) is 5.75 Å². The minimum absolute atomic E-state index is 0.0616. The average Bonchev–Trinajstić information content (AvgIpc) is 3.19. The Kier molecular flexibility index (Phi) is 2.96. The van der Waals surface area contributed by atoms with Crippen molar-refractivity contribution in [1.82, 2.24) is 5.32 Å². The van der Waals surface area contributed by atoms with E-state index in [0.717, 1.165) is 43.8 Å². The molecule has 112 valence electrons. The van der Waals surface area contributed by atoms with E-state index >= 15 is 0 Å². The Hall–Kier alpha value is -1.55. The van der Waals surface area contributed by atoms with Crippen LogP contribution in [0.2, 0.25) is 0 Å². The van der Waals surface area contributed by atoms with Crippen molar-refractivity contribution < 1.29 is 9.53 Å². The van der Waals surface area contributed by atoms with Crippen molar-refractivity contribution in [3.05, 3.63) is 24.3 Å². The first-order valence-electron chi connectivity index (χ1n) is 7.97. The van der Waals surface area contributed by atoms with Gasteiger partial charge in [0, 0.05) is 5.92 Å². The van der Waals surface area contributed by atoms with Crippen molar-refractivity contribution in [3.63, 3.8) is 0 Å². The number of rotatable bonds is 1. The SMILES string of the molecule is CC1CN(C(=O)C2CC23CCNCC3)c2ccccc2O1. The molecule has 4 nitrogen and oxygen atoms in total. The van der Waals surface area contributed by atoms with Gasteiger partial charge in [0.05, 0.1) is 12.2 Å². The van der Waals surface area contributed by atoms with Crippen LogP contribution in [0.3, 0.4) is 0 Å². The first kappa shape index (κ1) is 13.1. The van der Waals surface area contributed by atoms with E-state index < -0.39 is 0 Å². The van der Waals surface area contributed by atoms with E-state index in [1.54, 1.807) is 0 Å². The third-order valence-corrected chi connectivity index (χ3v) is 5.28. The molecule has 1 aromatic rings. The number of fused-ring (bicyclic) bond motifs is 1. The van der Waals surface area contributed by atoms with Gasteiger partial charge in [-0.05, 0) is 56.8 Å². The highest BCUT2D eigenvalue weighted by atomic mass is 16.5. The maximum absolute atomic E-state index is 13.0. The molecule has 2 aliphatic heterocycles. The molecule has 1 amide bonds. The first-order chi connectivity index (χ1) is 10.2. The second-order valence-electron chi connectivity index (χ2n) is 6.71. The molecule has 0 aromatic heterocycles. The number of anilines is 1. The summed E-state index contributed by atoms with van der Waals surface area (Å²) in [4.78, 5) is 15.0. The number of carbonyl (C=O) groups excluding carboxylic acids is 1. The molecule has 1 spiro atoms. The minimum Gasteiger partial charge on any atom is -0.487 e. The number of piperidine rings is 1. The van der Waals surface area contributed by atoms with Gasteiger partial charge in [-0.25, -0.2) is 0 Å². The number of carbonyl (C=O) groups is 1. The fourth-order valence-electron chi connectivity index (χ4n) is 3.96. The number of para-hydroxylation sites is 2. The number of nitrogens with one attached hydrogen (secondary N) is 1. The summed E-state index contributed by atoms with van der Waals surface area (Å²) < 4.78 is 5.85. The predicted molar refractivity (Wildman–Crippen MR) is 81.5 cm³/mol. The lowest BCUT2D eigenvalue weighted by atomic mass is 9.91. The Morgan fingerprint density at radius 3 is 2.90 bits per heavy atom. The molecule has 1 aromatic carbocycles. The normalized spacial score (nSPS) is 29.7. The monoisotopic (exact) mass is 286 g/mol. The van der Waals surface area contributed by atoms with Gasteiger partial charge < -0.3 is 15.0 Å². The van der Waals surface area contributed by atoms with Crippen molar-refractivity contribution in [3.8, 4) is 5.75 Å². The topological polar surface area (TPSA) is 41.6 Å². The van der Waals surface area contributed by atoms with Crippen LogP contribution >= 0.6 is 0 Å². The summed E-state index contributed by atoms with van der Waals surface area (Å²) in [7, 11) is 0. The van der Waals surface area contributed by atoms with E-state index in [1.165, 1.54) is 0 Å². The van der Waals surface area contributed by atoms with Crippen molar-refractivity contribution in [2.75, 3.05) is 24.5 Å². The lowest BCUT2D eigenvalue weighted by Gasteiger charge is -2.34. The van der Waals surface area contributed by atoms with Crippen LogP contribution in [-0.2, 0) is 4.79 Å². The fourth-order valence-corrected chi connectivity index (χ4v) is 3.96. The predicted octanol–water partition coefficient (Wildman–Crippen LogP) is 2.19. The Balaban J connectivity index is 1.58. The van der Waals surface area contributed by atoms with Crippen LogP contribution in [0.1, 0.15) is 26.2 Å². The summed E-state index contributed by atoms with van der Waals surface area (Å²) >= 11 is 0. The summed E-state index contributed by atoms with van der Waals surface area (Å²) in [5.74, 6) is 1.36. The maximum Gasteiger partial charge on any atom is 0.230 e. The average molecular weight is 286 g/mol. The molecule has 1 aliphatic carbocycles. The highest BCUT2D eigenvalue weighted by Crippen LogP contribution is 2.59. The van der Waals surface area contributed by atoms with E-state index in [2.05, 4.69) is 5.32 Å². The van der Waals surface area contributed by atoms with E-state index in [1.807, 2.05) is 36.1 Å². The third kappa shape index (κ3) is 2.13. The van der Waals surface area contributed by atoms with E-state index in [9.17, 15) is 4.79 Å². The molecule has 2 fully saturated rings. The Labute approximate surface area is 125 Å². The number of nitrogens with zero attached hydrogens (tertiary/aromatic N) is 1. The Morgan fingerprint density at radius 2 is 2.10 bits per heavy atom. The second kappa shape index (κ2) is 4.73. The molecule has 2 atom stereocenters. The zero-order chi connectivity index (χ0) is 14.4. The van der Waals surface area contributed by atoms with Crippen molar-refractivity contribution in [1.29, 1.82) is 0 Å². The van der Waals surface area contributed by atoms with Crippen molar-refractivity contribution in [2.24, 2.45) is 11.3 Å². The maximum atomic E-state index is 13.0. The van der Waals surface area contributed by atoms with Crippen LogP contribution in [0.15, 0.2) is 24.3 Å². The summed E-state index contributed by atoms with van der Waals surface area (Å²) in [5.41, 5.74) is 1.23. The van der Waals surface area contributed by atoms with Crippen LogP contribution < -0.4 is 15.0 Å². The third-order valence-electron chi connectivity index (χ3n) is 5.28. The van der Waals surface area contributed by atoms with Crippen LogP contribution in [-0.4, -0.2) is 31.6 Å². The Bertz CT molecular complexity index is 566. The number of amides is 1. The van der Waals surface area contributed by atoms with Crippen molar-refractivity contribution >= 4 is 11.6 Å². The lowest BCUT2D eigenvalue weighted by molar-refractivity contribution is -0.121. The van der Waals surface area contributed by atoms with Gasteiger partial charge in [-0.2, -0.15) is 0 Å². The van der Waals surface area contributed by atoms with Crippen LogP contribution in [0.4, 0.5) is 5.69 Å². The molecule has 21 heavy (non-hydrogen) atoms. The molecule has 4 rings (SSSR count). The van der Waals surface area contributed by atoms with Gasteiger partial charge >= 0.3 is 0 Å². The lowest BCUT2D eigenvalue weighted by Crippen LogP contribution is -2.44. The smallest absolute Gasteiger partial charge is 0.230 e. The molecular formula is C17H22N2O2. The highest BCUT2D eigenvalue weighted by Gasteiger charge is 2.59. The fraction of sp³-hybridized carbons (Fsp3) is 0.588. The zero-order valence-electron chi connectivity index (χ0n) is 12.5. The first-order valence-corrected chi connectivity index (χ1v) is 7.97. The van der Waals surface area contributed by atoms with Crippen molar-refractivity contribution in [2.45, 2.75) is 32.3 Å². The van der Waals surface area contributed by atoms with Gasteiger partial charge in [0.2, 0.25) is 5.91 Å². The summed E-state index contributed by atoms with van der Waals surface area (Å²) in [6.07, 6.45) is 3.42. The van der Waals surface area contributed by atoms with Gasteiger partial charge in [0.15, 0.2) is 0 Å². The van der Waals surface area contributed by atoms with Gasteiger partial charge in [-0.3, -0.25) is 4.79 Å². The molecule has 3 aliphatic rings. The van der Waals surface area contributed by atoms with E-state index in [0.29, 0.717) is 17.9 Å². The quantitative estimate of drug-likeness (QED) is 0.860. The molecule has 2 heterocycles. The minimum atomic E-state index is 0.0616. The summed E-state index contributed by atoms with van der Waals surface area (Å²) in [6.45, 7) is 4.81. The highest BCUT2D eigenvalue weighted by molar-refractivity contribution is 5.99. The standard InChI is InChI=1S/C17H22N2O2/c1-12-11-19(14-4-2-3-5-15(14)21-12)16(20)13-10-17(13)6-8-18-9-7-17/h2-5,12-13,18H,6-11H2,1H3. The van der Waals surface area contributed by atoms with Gasteiger partial charge in [0.1, 0.15) is 11.9 Å². The summed E-state index contributed by atoms with van der Waals surface area (Å²) in [6, 6.07) is 7.89.